The first-order valence-corrected chi connectivity index (χ1v) is 5.68. The van der Waals surface area contributed by atoms with Crippen molar-refractivity contribution in [3.05, 3.63) is 29.8 Å². The lowest BCUT2D eigenvalue weighted by atomic mass is 10.1. The van der Waals surface area contributed by atoms with Crippen molar-refractivity contribution in [1.29, 1.82) is 0 Å². The second-order valence-electron chi connectivity index (χ2n) is 4.09. The van der Waals surface area contributed by atoms with Crippen molar-refractivity contribution >= 4 is 28.9 Å². The highest BCUT2D eigenvalue weighted by Gasteiger charge is 2.27. The molecule has 0 aromatic heterocycles. The van der Waals surface area contributed by atoms with E-state index in [-0.39, 0.29) is 11.8 Å². The van der Waals surface area contributed by atoms with E-state index >= 15 is 0 Å². The zero-order chi connectivity index (χ0) is 11.7. The van der Waals surface area contributed by atoms with Crippen LogP contribution in [-0.4, -0.2) is 17.6 Å². The van der Waals surface area contributed by atoms with E-state index in [4.69, 9.17) is 12.2 Å². The maximum Gasteiger partial charge on any atom is 0.230 e. The number of para-hydroxylation sites is 1. The summed E-state index contributed by atoms with van der Waals surface area (Å²) in [6.07, 6.45) is 0. The van der Waals surface area contributed by atoms with Crippen LogP contribution < -0.4 is 10.2 Å². The van der Waals surface area contributed by atoms with Crippen molar-refractivity contribution in [1.82, 2.24) is 5.32 Å². The van der Waals surface area contributed by atoms with Gasteiger partial charge in [-0.15, -0.1) is 0 Å². The van der Waals surface area contributed by atoms with Gasteiger partial charge in [-0.2, -0.15) is 0 Å². The maximum atomic E-state index is 11.4. The largest absolute Gasteiger partial charge is 0.318 e. The van der Waals surface area contributed by atoms with Crippen LogP contribution in [0.5, 0.6) is 0 Å². The fourth-order valence-electron chi connectivity index (χ4n) is 1.81. The van der Waals surface area contributed by atoms with Gasteiger partial charge in [-0.1, -0.05) is 25.1 Å². The molecule has 1 fully saturated rings. The molecular weight excluding hydrogens is 220 g/mol. The van der Waals surface area contributed by atoms with Gasteiger partial charge in [0.25, 0.3) is 0 Å². The molecule has 0 spiro atoms. The van der Waals surface area contributed by atoms with Gasteiger partial charge >= 0.3 is 0 Å². The Kier molecular flexibility index (Phi) is 2.92. The molecule has 0 radical (unpaired) electrons. The zero-order valence-electron chi connectivity index (χ0n) is 9.36. The average molecular weight is 234 g/mol. The van der Waals surface area contributed by atoms with Gasteiger partial charge in [0, 0.05) is 12.2 Å². The Morgan fingerprint density at radius 2 is 2.12 bits per heavy atom. The first-order valence-electron chi connectivity index (χ1n) is 5.27. The van der Waals surface area contributed by atoms with Gasteiger partial charge < -0.3 is 10.2 Å². The van der Waals surface area contributed by atoms with E-state index in [9.17, 15) is 4.79 Å². The molecule has 1 saturated heterocycles. The lowest BCUT2D eigenvalue weighted by Crippen LogP contribution is -2.53. The number of rotatable bonds is 1. The van der Waals surface area contributed by atoms with Crippen molar-refractivity contribution in [3.63, 3.8) is 0 Å². The van der Waals surface area contributed by atoms with Crippen molar-refractivity contribution < 1.29 is 4.79 Å². The minimum atomic E-state index is -0.0358. The number of nitrogens with zero attached hydrogens (tertiary/aromatic N) is 1. The van der Waals surface area contributed by atoms with Crippen LogP contribution in [0.2, 0.25) is 0 Å². The Bertz CT molecular complexity index is 444. The molecule has 0 saturated carbocycles. The van der Waals surface area contributed by atoms with E-state index in [0.29, 0.717) is 11.7 Å². The molecule has 1 aromatic carbocycles. The first-order chi connectivity index (χ1) is 7.59. The number of carbonyl (C=O) groups excluding carboxylic acids is 1. The maximum absolute atomic E-state index is 11.4. The van der Waals surface area contributed by atoms with E-state index in [1.54, 1.807) is 0 Å². The highest BCUT2D eigenvalue weighted by atomic mass is 32.1. The molecule has 1 aromatic rings. The number of hydrogen-bond acceptors (Lipinski definition) is 2. The molecule has 1 aliphatic heterocycles. The van der Waals surface area contributed by atoms with Crippen molar-refractivity contribution in [2.45, 2.75) is 13.8 Å². The standard InChI is InChI=1S/C12H14N2OS/c1-8-5-3-4-6-10(8)14-7-9(2)11(15)13-12(14)16/h3-6,9H,7H2,1-2H3,(H,13,15,16). The second-order valence-corrected chi connectivity index (χ2v) is 4.48. The molecule has 2 rings (SSSR count). The molecule has 1 unspecified atom stereocenters. The Hall–Kier alpha value is -1.42. The van der Waals surface area contributed by atoms with Crippen LogP contribution in [0.4, 0.5) is 5.69 Å². The van der Waals surface area contributed by atoms with Gasteiger partial charge in [-0.3, -0.25) is 4.79 Å². The summed E-state index contributed by atoms with van der Waals surface area (Å²) < 4.78 is 0. The van der Waals surface area contributed by atoms with Crippen molar-refractivity contribution in [2.75, 3.05) is 11.4 Å². The molecule has 16 heavy (non-hydrogen) atoms. The van der Waals surface area contributed by atoms with E-state index < -0.39 is 0 Å². The fourth-order valence-corrected chi connectivity index (χ4v) is 2.08. The predicted octanol–water partition coefficient (Wildman–Crippen LogP) is 1.85. The third kappa shape index (κ3) is 1.93. The predicted molar refractivity (Wildman–Crippen MR) is 68.4 cm³/mol. The molecule has 84 valence electrons. The summed E-state index contributed by atoms with van der Waals surface area (Å²) in [5.74, 6) is -0.0267. The van der Waals surface area contributed by atoms with Gasteiger partial charge in [0.15, 0.2) is 5.11 Å². The van der Waals surface area contributed by atoms with Gasteiger partial charge in [0.1, 0.15) is 0 Å². The zero-order valence-corrected chi connectivity index (χ0v) is 10.2. The molecule has 1 amide bonds. The summed E-state index contributed by atoms with van der Waals surface area (Å²) in [6.45, 7) is 4.59. The van der Waals surface area contributed by atoms with E-state index in [1.807, 2.05) is 43.0 Å². The van der Waals surface area contributed by atoms with Crippen LogP contribution in [0.1, 0.15) is 12.5 Å². The molecule has 0 aliphatic carbocycles. The van der Waals surface area contributed by atoms with Crippen molar-refractivity contribution in [3.8, 4) is 0 Å². The first kappa shape index (κ1) is 11.1. The van der Waals surface area contributed by atoms with Crippen LogP contribution in [0.25, 0.3) is 0 Å². The van der Waals surface area contributed by atoms with Crippen molar-refractivity contribution in [2.24, 2.45) is 5.92 Å². The molecule has 0 bridgehead atoms. The molecule has 4 heteroatoms. The molecule has 3 nitrogen and oxygen atoms in total. The SMILES string of the molecule is Cc1ccccc1N1CC(C)C(=O)NC1=S. The number of benzene rings is 1. The summed E-state index contributed by atoms with van der Waals surface area (Å²) in [5.41, 5.74) is 2.23. The highest BCUT2D eigenvalue weighted by Crippen LogP contribution is 2.22. The third-order valence-corrected chi connectivity index (χ3v) is 3.11. The second kappa shape index (κ2) is 4.22. The number of hydrogen-bond donors (Lipinski definition) is 1. The summed E-state index contributed by atoms with van der Waals surface area (Å²) in [5, 5.41) is 3.22. The van der Waals surface area contributed by atoms with Crippen LogP contribution in [0.15, 0.2) is 24.3 Å². The summed E-state index contributed by atoms with van der Waals surface area (Å²) in [7, 11) is 0. The van der Waals surface area contributed by atoms with Crippen LogP contribution in [0, 0.1) is 12.8 Å². The molecule has 1 aliphatic rings. The Morgan fingerprint density at radius 1 is 1.44 bits per heavy atom. The smallest absolute Gasteiger partial charge is 0.230 e. The van der Waals surface area contributed by atoms with Gasteiger partial charge in [0.05, 0.1) is 5.92 Å². The quantitative estimate of drug-likeness (QED) is 0.753. The summed E-state index contributed by atoms with van der Waals surface area (Å²) in [4.78, 5) is 13.4. The monoisotopic (exact) mass is 234 g/mol. The molecule has 1 heterocycles. The lowest BCUT2D eigenvalue weighted by molar-refractivity contribution is -0.123. The minimum absolute atomic E-state index is 0.00911. The Morgan fingerprint density at radius 3 is 2.81 bits per heavy atom. The number of amides is 1. The van der Waals surface area contributed by atoms with E-state index in [0.717, 1.165) is 11.3 Å². The molecule has 1 atom stereocenters. The summed E-state index contributed by atoms with van der Waals surface area (Å²) >= 11 is 5.19. The topological polar surface area (TPSA) is 32.3 Å². The van der Waals surface area contributed by atoms with Crippen LogP contribution in [0.3, 0.4) is 0 Å². The number of aryl methyl sites for hydroxylation is 1. The Labute approximate surface area is 100 Å². The summed E-state index contributed by atoms with van der Waals surface area (Å²) in [6, 6.07) is 8.03. The number of thiocarbonyl (C=S) groups is 1. The highest BCUT2D eigenvalue weighted by molar-refractivity contribution is 7.80. The molecular formula is C12H14N2OS. The third-order valence-electron chi connectivity index (χ3n) is 2.79. The van der Waals surface area contributed by atoms with Gasteiger partial charge in [0.2, 0.25) is 5.91 Å². The van der Waals surface area contributed by atoms with E-state index in [2.05, 4.69) is 5.32 Å². The Balaban J connectivity index is 2.31. The normalized spacial score (nSPS) is 20.9. The van der Waals surface area contributed by atoms with Crippen LogP contribution in [-0.2, 0) is 4.79 Å². The van der Waals surface area contributed by atoms with Gasteiger partial charge in [-0.05, 0) is 30.8 Å². The van der Waals surface area contributed by atoms with E-state index in [1.165, 1.54) is 0 Å². The average Bonchev–Trinajstić information content (AvgIpc) is 2.25. The minimum Gasteiger partial charge on any atom is -0.318 e. The number of nitrogens with one attached hydrogen (secondary N) is 1. The number of carbonyl (C=O) groups is 1. The fraction of sp³-hybridized carbons (Fsp3) is 0.333. The van der Waals surface area contributed by atoms with Crippen LogP contribution >= 0.6 is 12.2 Å². The number of anilines is 1. The lowest BCUT2D eigenvalue weighted by Gasteiger charge is -2.33. The van der Waals surface area contributed by atoms with Gasteiger partial charge in [-0.25, -0.2) is 0 Å². The molecule has 1 N–H and O–H groups in total.